The molecule has 4 heterocycles. The van der Waals surface area contributed by atoms with Gasteiger partial charge in [-0.25, -0.2) is 0 Å². The zero-order valence-electron chi connectivity index (χ0n) is 44.2. The number of fused-ring (bicyclic) bond motifs is 4. The molecule has 4 fully saturated rings. The van der Waals surface area contributed by atoms with Gasteiger partial charge in [0.2, 0.25) is 23.6 Å². The van der Waals surface area contributed by atoms with Crippen LogP contribution in [0.5, 0.6) is 0 Å². The second-order valence-corrected chi connectivity index (χ2v) is 25.5. The first-order valence-electron chi connectivity index (χ1n) is 26.3. The lowest BCUT2D eigenvalue weighted by Gasteiger charge is -2.35. The van der Waals surface area contributed by atoms with Gasteiger partial charge in [0.15, 0.2) is 0 Å². The van der Waals surface area contributed by atoms with Crippen molar-refractivity contribution < 1.29 is 28.7 Å². The van der Waals surface area contributed by atoms with E-state index in [1.54, 1.807) is 23.5 Å². The zero-order valence-corrected chi connectivity index (χ0v) is 49.1. The molecule has 2 unspecified atom stereocenters. The molecule has 0 spiro atoms. The number of nitrogens with one attached hydrogen (secondary N) is 6. The average Bonchev–Trinajstić information content (AvgIpc) is 3.99. The van der Waals surface area contributed by atoms with E-state index in [0.29, 0.717) is 48.9 Å². The maximum Gasteiger partial charge on any atom is 0.246 e. The van der Waals surface area contributed by atoms with Crippen molar-refractivity contribution in [1.29, 1.82) is 0 Å². The summed E-state index contributed by atoms with van der Waals surface area (Å²) in [5, 5.41) is 19.6. The van der Waals surface area contributed by atoms with E-state index in [0.717, 1.165) is 61.2 Å². The van der Waals surface area contributed by atoms with Crippen molar-refractivity contribution in [3.05, 3.63) is 70.8 Å². The van der Waals surface area contributed by atoms with Crippen molar-refractivity contribution in [1.82, 2.24) is 41.7 Å². The predicted molar refractivity (Wildman–Crippen MR) is 310 cm³/mol. The molecule has 20 heteroatoms. The Bertz CT molecular complexity index is 2180. The van der Waals surface area contributed by atoms with Crippen LogP contribution in [0.3, 0.4) is 0 Å². The molecule has 2 aromatic rings. The third kappa shape index (κ3) is 13.2. The van der Waals surface area contributed by atoms with Crippen LogP contribution in [0.2, 0.25) is 0 Å². The van der Waals surface area contributed by atoms with E-state index in [4.69, 9.17) is 33.9 Å². The number of hydrogen-bond acceptors (Lipinski definition) is 12. The average molecular weight is 1140 g/mol. The number of nitrogens with zero attached hydrogens (tertiary/aromatic N) is 2. The highest BCUT2D eigenvalue weighted by Gasteiger charge is 2.57. The molecular formula is C54H80Cl2N8O6S4. The van der Waals surface area contributed by atoms with Crippen molar-refractivity contribution in [3.63, 3.8) is 0 Å². The maximum absolute atomic E-state index is 14.6. The Kier molecular flexibility index (Phi) is 21.4. The number of thioether (sulfide) groups is 2. The first kappa shape index (κ1) is 60.4. The molecule has 0 bridgehead atoms. The number of hydrogen-bond donors (Lipinski definition) is 6. The molecule has 410 valence electrons. The molecule has 0 radical (unpaired) electrons. The SMILES string of the molecule is CNC(C)C(=S)N[C@H]1CCS[C@H]2CC(C)(C)[C@@H](C(=O)N[C@H]3c4ccccc4C[C@H]3OCCCCCCO[C@@H]3Cc4ccccc4[C@@H]3NC(=O)[C@H]3N4C(=O)[C@@H](NC(=S)C(C)NC)CCS[C@H]4CC3(C)C)N2C1=O.Cl.Cl. The molecule has 74 heavy (non-hydrogen) atoms. The van der Waals surface area contributed by atoms with Crippen molar-refractivity contribution in [2.45, 2.75) is 177 Å². The van der Waals surface area contributed by atoms with Gasteiger partial charge in [-0.15, -0.1) is 48.3 Å². The Hall–Kier alpha value is -2.78. The van der Waals surface area contributed by atoms with E-state index in [1.165, 1.54) is 11.1 Å². The molecule has 2 aliphatic carbocycles. The van der Waals surface area contributed by atoms with E-state index >= 15 is 0 Å². The lowest BCUT2D eigenvalue weighted by molar-refractivity contribution is -0.143. The summed E-state index contributed by atoms with van der Waals surface area (Å²) in [5.41, 5.74) is 3.61. The number of ether oxygens (including phenoxy) is 2. The fraction of sp³-hybridized carbons (Fsp3) is 0.667. The predicted octanol–water partition coefficient (Wildman–Crippen LogP) is 6.96. The third-order valence-electron chi connectivity index (χ3n) is 16.0. The zero-order chi connectivity index (χ0) is 51.5. The molecule has 0 saturated carbocycles. The Labute approximate surface area is 471 Å². The number of carbonyl (C=O) groups is 4. The van der Waals surface area contributed by atoms with Gasteiger partial charge in [0.1, 0.15) is 24.2 Å². The van der Waals surface area contributed by atoms with E-state index in [9.17, 15) is 19.2 Å². The van der Waals surface area contributed by atoms with Gasteiger partial charge >= 0.3 is 0 Å². The summed E-state index contributed by atoms with van der Waals surface area (Å²) in [6.07, 6.45) is 7.35. The molecule has 4 aliphatic heterocycles. The molecule has 4 amide bonds. The largest absolute Gasteiger partial charge is 0.375 e. The Morgan fingerprint density at radius 2 is 1.01 bits per heavy atom. The van der Waals surface area contributed by atoms with Crippen LogP contribution >= 0.6 is 72.8 Å². The number of thiocarbonyl (C=S) groups is 2. The van der Waals surface area contributed by atoms with Crippen LogP contribution in [0.1, 0.15) is 127 Å². The van der Waals surface area contributed by atoms with E-state index in [-0.39, 0.29) is 95.6 Å². The van der Waals surface area contributed by atoms with Gasteiger partial charge < -0.3 is 51.2 Å². The minimum Gasteiger partial charge on any atom is -0.375 e. The molecule has 4 saturated heterocycles. The van der Waals surface area contributed by atoms with Crippen molar-refractivity contribution in [2.24, 2.45) is 10.8 Å². The molecule has 0 aromatic heterocycles. The normalized spacial score (nSPS) is 29.2. The Balaban J connectivity index is 0.00000446. The topological polar surface area (TPSA) is 165 Å². The molecule has 12 atom stereocenters. The Morgan fingerprint density at radius 3 is 1.39 bits per heavy atom. The summed E-state index contributed by atoms with van der Waals surface area (Å²) < 4.78 is 13.3. The molecule has 14 nitrogen and oxygen atoms in total. The van der Waals surface area contributed by atoms with Gasteiger partial charge in [-0.3, -0.25) is 19.2 Å². The van der Waals surface area contributed by atoms with Crippen LogP contribution in [0, 0.1) is 10.8 Å². The smallest absolute Gasteiger partial charge is 0.246 e. The number of benzene rings is 2. The molecule has 2 aromatic carbocycles. The molecule has 6 N–H and O–H groups in total. The van der Waals surface area contributed by atoms with Gasteiger partial charge in [0, 0.05) is 26.1 Å². The summed E-state index contributed by atoms with van der Waals surface area (Å²) in [7, 11) is 3.69. The quantitative estimate of drug-likeness (QED) is 0.0632. The van der Waals surface area contributed by atoms with Crippen LogP contribution in [0.25, 0.3) is 0 Å². The molecule has 8 rings (SSSR count). The Morgan fingerprint density at radius 1 is 0.635 bits per heavy atom. The van der Waals surface area contributed by atoms with Crippen LogP contribution in [0.15, 0.2) is 48.5 Å². The van der Waals surface area contributed by atoms with Gasteiger partial charge in [0.25, 0.3) is 0 Å². The lowest BCUT2D eigenvalue weighted by atomic mass is 9.83. The summed E-state index contributed by atoms with van der Waals surface area (Å²) in [4.78, 5) is 62.8. The number of halogens is 2. The standard InChI is InChI=1S/C54H78N8O6S4.2ClH/c1-31(55-7)49(69)57-37-21-25-71-41-29-53(3,4)45(61(41)51(37)65)47(63)59-43-35-19-13-11-17-33(35)27-39(43)67-23-15-9-10-16-24-68-40-28-34-18-12-14-20-36(34)44(40)60-48(64)46-54(5,6)30-42-62(46)52(66)38(22-26-72-42)58-50(70)32(2)56-8;;/h11-14,17-20,31-32,37-46,55-56H,9-10,15-16,21-30H2,1-8H3,(H,57,69)(H,58,70)(H,59,63)(H,60,64);2*1H/t31?,32?,37-,38-,39+,40+,41-,42-,43-,44-,45+,46+;;/m0../s1. The highest BCUT2D eigenvalue weighted by atomic mass is 35.5. The number of amides is 4. The maximum atomic E-state index is 14.6. The van der Waals surface area contributed by atoms with E-state index < -0.39 is 35.0 Å². The van der Waals surface area contributed by atoms with E-state index in [2.05, 4.69) is 83.9 Å². The fourth-order valence-electron chi connectivity index (χ4n) is 11.8. The van der Waals surface area contributed by atoms with Crippen LogP contribution in [-0.2, 0) is 41.5 Å². The lowest BCUT2D eigenvalue weighted by Crippen LogP contribution is -2.58. The van der Waals surface area contributed by atoms with Crippen molar-refractivity contribution in [2.75, 3.05) is 38.8 Å². The molecule has 6 aliphatic rings. The number of carbonyl (C=O) groups excluding carboxylic acids is 4. The van der Waals surface area contributed by atoms with Gasteiger partial charge in [-0.1, -0.05) is 114 Å². The third-order valence-corrected chi connectivity index (χ3v) is 19.5. The molecular weight excluding hydrogens is 1060 g/mol. The highest BCUT2D eigenvalue weighted by Crippen LogP contribution is 2.48. The minimum absolute atomic E-state index is 0. The first-order chi connectivity index (χ1) is 34.4. The van der Waals surface area contributed by atoms with Crippen molar-refractivity contribution in [3.8, 4) is 0 Å². The first-order valence-corrected chi connectivity index (χ1v) is 29.2. The second kappa shape index (κ2) is 26.2. The summed E-state index contributed by atoms with van der Waals surface area (Å²) in [6, 6.07) is 13.4. The fourth-order valence-corrected chi connectivity index (χ4v) is 15.5. The summed E-state index contributed by atoms with van der Waals surface area (Å²) in [6.45, 7) is 13.5. The second-order valence-electron chi connectivity index (χ2n) is 22.1. The summed E-state index contributed by atoms with van der Waals surface area (Å²) >= 11 is 14.8. The highest BCUT2D eigenvalue weighted by molar-refractivity contribution is 8.00. The number of likely N-dealkylation sites (N-methyl/N-ethyl adjacent to an activating group) is 2. The van der Waals surface area contributed by atoms with Crippen molar-refractivity contribution >= 4 is 106 Å². The van der Waals surface area contributed by atoms with Crippen LogP contribution < -0.4 is 31.9 Å². The van der Waals surface area contributed by atoms with Gasteiger partial charge in [0.05, 0.1) is 57.1 Å². The number of unbranched alkanes of at least 4 members (excludes halogenated alkanes) is 3. The minimum atomic E-state index is -0.634. The van der Waals surface area contributed by atoms with E-state index in [1.807, 2.05) is 62.0 Å². The van der Waals surface area contributed by atoms with Crippen LogP contribution in [0.4, 0.5) is 0 Å². The number of rotatable bonds is 19. The monoisotopic (exact) mass is 1130 g/mol. The van der Waals surface area contributed by atoms with Gasteiger partial charge in [-0.05, 0) is 111 Å². The summed E-state index contributed by atoms with van der Waals surface area (Å²) in [5.74, 6) is 1.18. The van der Waals surface area contributed by atoms with Gasteiger partial charge in [-0.2, -0.15) is 0 Å². The van der Waals surface area contributed by atoms with Crippen LogP contribution in [-0.4, -0.2) is 141 Å².